The number of anilines is 1. The minimum Gasteiger partial charge on any atom is -0.490 e. The normalized spacial score (nSPS) is 11.3. The zero-order chi connectivity index (χ0) is 21.4. The number of nitrogens with zero attached hydrogens (tertiary/aromatic N) is 2. The number of hydrogen-bond donors (Lipinski definition) is 1. The van der Waals surface area contributed by atoms with Gasteiger partial charge in [-0.3, -0.25) is 9.10 Å². The number of amides is 1. The Morgan fingerprint density at radius 1 is 1.24 bits per heavy atom. The first-order valence-corrected chi connectivity index (χ1v) is 10.9. The summed E-state index contributed by atoms with van der Waals surface area (Å²) in [6.07, 6.45) is 4.02. The van der Waals surface area contributed by atoms with E-state index in [0.717, 1.165) is 10.6 Å². The van der Waals surface area contributed by atoms with Crippen LogP contribution in [0.5, 0.6) is 5.75 Å². The maximum atomic E-state index is 12.2. The number of sulfonamides is 1. The second-order valence-corrected chi connectivity index (χ2v) is 8.64. The fraction of sp³-hybridized carbons (Fsp3) is 0.158. The summed E-state index contributed by atoms with van der Waals surface area (Å²) in [5.74, 6) is -0.0110. The van der Waals surface area contributed by atoms with Gasteiger partial charge < -0.3 is 4.74 Å². The van der Waals surface area contributed by atoms with Gasteiger partial charge in [0.15, 0.2) is 0 Å². The topological polar surface area (TPSA) is 88.1 Å². The van der Waals surface area contributed by atoms with Crippen molar-refractivity contribution in [1.82, 2.24) is 5.43 Å². The second-order valence-electron chi connectivity index (χ2n) is 5.86. The molecule has 0 heterocycles. The van der Waals surface area contributed by atoms with Crippen LogP contribution in [0.25, 0.3) is 0 Å². The fourth-order valence-electron chi connectivity index (χ4n) is 2.27. The minimum absolute atomic E-state index is 0.177. The van der Waals surface area contributed by atoms with Crippen molar-refractivity contribution in [2.24, 2.45) is 5.10 Å². The van der Waals surface area contributed by atoms with Crippen molar-refractivity contribution in [2.45, 2.75) is 0 Å². The first-order chi connectivity index (χ1) is 13.7. The lowest BCUT2D eigenvalue weighted by molar-refractivity contribution is -0.119. The third kappa shape index (κ3) is 7.41. The van der Waals surface area contributed by atoms with Gasteiger partial charge in [0.2, 0.25) is 10.0 Å². The Labute approximate surface area is 179 Å². The van der Waals surface area contributed by atoms with E-state index in [2.05, 4.69) is 17.1 Å². The SMILES string of the molecule is C=CCOc1cccc(/C=N\NC(=O)CN(c2cc(Cl)cc(Cl)c2)S(C)(=O)=O)c1. The number of halogens is 2. The van der Waals surface area contributed by atoms with Gasteiger partial charge in [-0.1, -0.05) is 48.0 Å². The largest absolute Gasteiger partial charge is 0.490 e. The van der Waals surface area contributed by atoms with E-state index in [4.69, 9.17) is 27.9 Å². The van der Waals surface area contributed by atoms with E-state index in [1.54, 1.807) is 30.3 Å². The van der Waals surface area contributed by atoms with Crippen LogP contribution in [0.1, 0.15) is 5.56 Å². The van der Waals surface area contributed by atoms with E-state index in [0.29, 0.717) is 17.9 Å². The highest BCUT2D eigenvalue weighted by molar-refractivity contribution is 7.92. The molecule has 0 saturated heterocycles. The van der Waals surface area contributed by atoms with Crippen LogP contribution in [0.3, 0.4) is 0 Å². The summed E-state index contributed by atoms with van der Waals surface area (Å²) in [5.41, 5.74) is 3.16. The lowest BCUT2D eigenvalue weighted by Gasteiger charge is -2.21. The molecule has 1 N–H and O–H groups in total. The number of benzene rings is 2. The maximum Gasteiger partial charge on any atom is 0.260 e. The summed E-state index contributed by atoms with van der Waals surface area (Å²) in [7, 11) is -3.76. The average Bonchev–Trinajstić information content (AvgIpc) is 2.63. The van der Waals surface area contributed by atoms with Crippen LogP contribution in [0.2, 0.25) is 10.0 Å². The molecule has 0 fully saturated rings. The van der Waals surface area contributed by atoms with Gasteiger partial charge >= 0.3 is 0 Å². The molecule has 2 rings (SSSR count). The van der Waals surface area contributed by atoms with Crippen LogP contribution in [0.4, 0.5) is 5.69 Å². The monoisotopic (exact) mass is 455 g/mol. The smallest absolute Gasteiger partial charge is 0.260 e. The first-order valence-electron chi connectivity index (χ1n) is 8.28. The van der Waals surface area contributed by atoms with E-state index in [9.17, 15) is 13.2 Å². The Kier molecular flexibility index (Phi) is 8.07. The van der Waals surface area contributed by atoms with Crippen molar-refractivity contribution in [2.75, 3.05) is 23.7 Å². The van der Waals surface area contributed by atoms with E-state index in [1.807, 2.05) is 0 Å². The Bertz CT molecular complexity index is 1010. The average molecular weight is 456 g/mol. The molecule has 154 valence electrons. The summed E-state index contributed by atoms with van der Waals surface area (Å²) >= 11 is 11.9. The van der Waals surface area contributed by atoms with Crippen molar-refractivity contribution in [3.8, 4) is 5.75 Å². The maximum absolute atomic E-state index is 12.2. The van der Waals surface area contributed by atoms with Crippen molar-refractivity contribution >= 4 is 51.0 Å². The summed E-state index contributed by atoms with van der Waals surface area (Å²) in [4.78, 5) is 12.2. The molecule has 0 aliphatic heterocycles. The molecule has 1 amide bonds. The molecule has 0 unspecified atom stereocenters. The zero-order valence-corrected chi connectivity index (χ0v) is 17.8. The molecule has 0 aliphatic rings. The quantitative estimate of drug-likeness (QED) is 0.356. The Balaban J connectivity index is 2.07. The number of carbonyl (C=O) groups is 1. The number of hydrogen-bond acceptors (Lipinski definition) is 5. The molecule has 0 radical (unpaired) electrons. The summed E-state index contributed by atoms with van der Waals surface area (Å²) in [6.45, 7) is 3.46. The second kappa shape index (κ2) is 10.3. The molecule has 7 nitrogen and oxygen atoms in total. The molecular weight excluding hydrogens is 437 g/mol. The minimum atomic E-state index is -3.76. The summed E-state index contributed by atoms with van der Waals surface area (Å²) < 4.78 is 30.5. The van der Waals surface area contributed by atoms with Gasteiger partial charge in [0.05, 0.1) is 18.2 Å². The molecule has 0 aliphatic carbocycles. The van der Waals surface area contributed by atoms with Crippen LogP contribution in [-0.4, -0.2) is 39.9 Å². The molecule has 10 heteroatoms. The van der Waals surface area contributed by atoms with Crippen molar-refractivity contribution < 1.29 is 17.9 Å². The van der Waals surface area contributed by atoms with E-state index >= 15 is 0 Å². The first kappa shape index (κ1) is 22.7. The standard InChI is InChI=1S/C19H19Cl2N3O4S/c1-3-7-28-18-6-4-5-14(8-18)12-22-23-19(25)13-24(29(2,26)27)17-10-15(20)9-16(21)11-17/h3-6,8-12H,1,7,13H2,2H3,(H,23,25)/b22-12-. The molecule has 2 aromatic rings. The van der Waals surface area contributed by atoms with Crippen molar-refractivity contribution in [3.63, 3.8) is 0 Å². The molecular formula is C19H19Cl2N3O4S. The molecule has 2 aromatic carbocycles. The zero-order valence-electron chi connectivity index (χ0n) is 15.5. The van der Waals surface area contributed by atoms with Gasteiger partial charge in [-0.05, 0) is 35.9 Å². The molecule has 0 saturated carbocycles. The highest BCUT2D eigenvalue weighted by Crippen LogP contribution is 2.26. The summed E-state index contributed by atoms with van der Waals surface area (Å²) in [5, 5.41) is 4.35. The van der Waals surface area contributed by atoms with E-state index in [1.165, 1.54) is 24.4 Å². The van der Waals surface area contributed by atoms with Gasteiger partial charge in [0.1, 0.15) is 18.9 Å². The molecule has 0 spiro atoms. The van der Waals surface area contributed by atoms with Crippen LogP contribution in [0.15, 0.2) is 60.2 Å². The third-order valence-electron chi connectivity index (χ3n) is 3.45. The van der Waals surface area contributed by atoms with Gasteiger partial charge in [-0.25, -0.2) is 13.8 Å². The molecule has 0 atom stereocenters. The highest BCUT2D eigenvalue weighted by Gasteiger charge is 2.21. The van der Waals surface area contributed by atoms with E-state index in [-0.39, 0.29) is 15.7 Å². The lowest BCUT2D eigenvalue weighted by Crippen LogP contribution is -2.39. The van der Waals surface area contributed by atoms with Gasteiger partial charge in [0.25, 0.3) is 5.91 Å². The van der Waals surface area contributed by atoms with Crippen LogP contribution in [0, 0.1) is 0 Å². The van der Waals surface area contributed by atoms with Gasteiger partial charge in [0, 0.05) is 10.0 Å². The van der Waals surface area contributed by atoms with E-state index < -0.39 is 22.5 Å². The van der Waals surface area contributed by atoms with Gasteiger partial charge in [-0.2, -0.15) is 5.10 Å². The van der Waals surface area contributed by atoms with Crippen molar-refractivity contribution in [1.29, 1.82) is 0 Å². The van der Waals surface area contributed by atoms with Crippen LogP contribution >= 0.6 is 23.2 Å². The number of carbonyl (C=O) groups excluding carboxylic acids is 1. The van der Waals surface area contributed by atoms with Crippen molar-refractivity contribution in [3.05, 3.63) is 70.7 Å². The summed E-state index contributed by atoms with van der Waals surface area (Å²) in [6, 6.07) is 11.3. The highest BCUT2D eigenvalue weighted by atomic mass is 35.5. The number of nitrogens with one attached hydrogen (secondary N) is 1. The van der Waals surface area contributed by atoms with Gasteiger partial charge in [-0.15, -0.1) is 0 Å². The number of hydrazone groups is 1. The Morgan fingerprint density at radius 3 is 2.55 bits per heavy atom. The van der Waals surface area contributed by atoms with Crippen LogP contribution in [-0.2, 0) is 14.8 Å². The number of rotatable bonds is 9. The molecule has 0 bridgehead atoms. The number of ether oxygens (including phenoxy) is 1. The van der Waals surface area contributed by atoms with Crippen LogP contribution < -0.4 is 14.5 Å². The molecule has 0 aromatic heterocycles. The predicted molar refractivity (Wildman–Crippen MR) is 117 cm³/mol. The predicted octanol–water partition coefficient (Wildman–Crippen LogP) is 3.47. The Hall–Kier alpha value is -2.55. The Morgan fingerprint density at radius 2 is 1.93 bits per heavy atom. The third-order valence-corrected chi connectivity index (χ3v) is 5.03. The lowest BCUT2D eigenvalue weighted by atomic mass is 10.2. The fourth-order valence-corrected chi connectivity index (χ4v) is 3.62. The molecule has 29 heavy (non-hydrogen) atoms.